The average Bonchev–Trinajstić information content (AvgIpc) is 2.03. The number of aromatic hydroxyl groups is 1. The van der Waals surface area contributed by atoms with Crippen molar-refractivity contribution in [3.8, 4) is 5.75 Å². The smallest absolute Gasteiger partial charge is 0.342 e. The van der Waals surface area contributed by atoms with Crippen LogP contribution < -0.4 is 5.63 Å². The van der Waals surface area contributed by atoms with Crippen molar-refractivity contribution in [2.24, 2.45) is 0 Å². The van der Waals surface area contributed by atoms with E-state index in [2.05, 4.69) is 4.42 Å². The molecule has 0 aliphatic carbocycles. The van der Waals surface area contributed by atoms with Gasteiger partial charge in [0.25, 0.3) is 0 Å². The lowest BCUT2D eigenvalue weighted by molar-refractivity contribution is 0.437. The SMILES string of the molecule is CC(C)=CCc1c(O)ccoc1=O. The Bertz CT molecular complexity index is 370. The predicted octanol–water partition coefficient (Wildman–Crippen LogP) is 1.85. The molecule has 1 heterocycles. The van der Waals surface area contributed by atoms with E-state index in [-0.39, 0.29) is 5.75 Å². The fourth-order valence-electron chi connectivity index (χ4n) is 0.931. The molecule has 70 valence electrons. The van der Waals surface area contributed by atoms with Gasteiger partial charge in [-0.1, -0.05) is 11.6 Å². The first-order chi connectivity index (χ1) is 6.11. The highest BCUT2D eigenvalue weighted by atomic mass is 16.4. The molecule has 0 aliphatic heterocycles. The van der Waals surface area contributed by atoms with Crippen molar-refractivity contribution in [1.29, 1.82) is 0 Å². The van der Waals surface area contributed by atoms with Gasteiger partial charge in [0.15, 0.2) is 0 Å². The van der Waals surface area contributed by atoms with Crippen LogP contribution in [0.3, 0.4) is 0 Å². The normalized spacial score (nSPS) is 9.69. The second-order valence-corrected chi connectivity index (χ2v) is 3.06. The lowest BCUT2D eigenvalue weighted by atomic mass is 10.1. The van der Waals surface area contributed by atoms with Crippen LogP contribution in [0.25, 0.3) is 0 Å². The summed E-state index contributed by atoms with van der Waals surface area (Å²) in [5, 5.41) is 9.31. The van der Waals surface area contributed by atoms with E-state index < -0.39 is 5.63 Å². The molecule has 3 nitrogen and oxygen atoms in total. The van der Waals surface area contributed by atoms with E-state index in [1.807, 2.05) is 19.9 Å². The molecular weight excluding hydrogens is 168 g/mol. The van der Waals surface area contributed by atoms with Gasteiger partial charge in [-0.05, 0) is 13.8 Å². The van der Waals surface area contributed by atoms with Gasteiger partial charge in [0, 0.05) is 12.5 Å². The molecule has 13 heavy (non-hydrogen) atoms. The molecule has 0 unspecified atom stereocenters. The van der Waals surface area contributed by atoms with E-state index >= 15 is 0 Å². The molecule has 0 saturated carbocycles. The topological polar surface area (TPSA) is 50.4 Å². The molecule has 1 aromatic rings. The highest BCUT2D eigenvalue weighted by molar-refractivity contribution is 5.29. The van der Waals surface area contributed by atoms with Crippen molar-refractivity contribution in [3.05, 3.63) is 40.0 Å². The zero-order valence-electron chi connectivity index (χ0n) is 7.70. The van der Waals surface area contributed by atoms with Crippen molar-refractivity contribution in [2.75, 3.05) is 0 Å². The van der Waals surface area contributed by atoms with E-state index in [0.717, 1.165) is 5.57 Å². The average molecular weight is 180 g/mol. The fraction of sp³-hybridized carbons (Fsp3) is 0.300. The molecule has 3 heteroatoms. The molecule has 1 rings (SSSR count). The van der Waals surface area contributed by atoms with Crippen LogP contribution in [0.1, 0.15) is 19.4 Å². The number of rotatable bonds is 2. The molecule has 0 amide bonds. The van der Waals surface area contributed by atoms with Crippen molar-refractivity contribution in [1.82, 2.24) is 0 Å². The monoisotopic (exact) mass is 180 g/mol. The largest absolute Gasteiger partial charge is 0.507 e. The Balaban J connectivity index is 3.01. The molecule has 0 saturated heterocycles. The van der Waals surface area contributed by atoms with Crippen LogP contribution in [0.4, 0.5) is 0 Å². The summed E-state index contributed by atoms with van der Waals surface area (Å²) in [6.07, 6.45) is 3.47. The summed E-state index contributed by atoms with van der Waals surface area (Å²) in [5.41, 5.74) is 0.934. The highest BCUT2D eigenvalue weighted by Crippen LogP contribution is 2.12. The molecule has 0 bridgehead atoms. The molecule has 1 aromatic heterocycles. The maximum atomic E-state index is 11.1. The summed E-state index contributed by atoms with van der Waals surface area (Å²) in [6.45, 7) is 3.86. The Kier molecular flexibility index (Phi) is 2.90. The van der Waals surface area contributed by atoms with Gasteiger partial charge >= 0.3 is 5.63 Å². The van der Waals surface area contributed by atoms with Gasteiger partial charge in [-0.25, -0.2) is 4.79 Å². The zero-order chi connectivity index (χ0) is 9.84. The third-order valence-corrected chi connectivity index (χ3v) is 1.67. The van der Waals surface area contributed by atoms with Crippen LogP contribution in [-0.4, -0.2) is 5.11 Å². The molecule has 0 radical (unpaired) electrons. The maximum Gasteiger partial charge on any atom is 0.342 e. The second kappa shape index (κ2) is 3.94. The summed E-state index contributed by atoms with van der Waals surface area (Å²) in [6, 6.07) is 1.37. The summed E-state index contributed by atoms with van der Waals surface area (Å²) in [5.74, 6) is -0.00579. The first kappa shape index (κ1) is 9.58. The molecular formula is C10H12O3. The lowest BCUT2D eigenvalue weighted by Gasteiger charge is -1.97. The summed E-state index contributed by atoms with van der Waals surface area (Å²) >= 11 is 0. The van der Waals surface area contributed by atoms with Crippen LogP contribution >= 0.6 is 0 Å². The molecule has 0 aliphatic rings. The van der Waals surface area contributed by atoms with Crippen LogP contribution in [0.5, 0.6) is 5.75 Å². The lowest BCUT2D eigenvalue weighted by Crippen LogP contribution is -2.05. The third kappa shape index (κ3) is 2.47. The Morgan fingerprint density at radius 1 is 1.62 bits per heavy atom. The van der Waals surface area contributed by atoms with E-state index in [0.29, 0.717) is 12.0 Å². The molecule has 1 N–H and O–H groups in total. The van der Waals surface area contributed by atoms with Crippen molar-refractivity contribution < 1.29 is 9.52 Å². The van der Waals surface area contributed by atoms with Gasteiger partial charge in [-0.3, -0.25) is 0 Å². The van der Waals surface area contributed by atoms with Gasteiger partial charge in [0.2, 0.25) is 0 Å². The van der Waals surface area contributed by atoms with Gasteiger partial charge < -0.3 is 9.52 Å². The number of hydrogen-bond acceptors (Lipinski definition) is 3. The van der Waals surface area contributed by atoms with Crippen molar-refractivity contribution in [2.45, 2.75) is 20.3 Å². The van der Waals surface area contributed by atoms with Gasteiger partial charge in [0.05, 0.1) is 11.8 Å². The first-order valence-electron chi connectivity index (χ1n) is 4.04. The fourth-order valence-corrected chi connectivity index (χ4v) is 0.931. The maximum absolute atomic E-state index is 11.1. The van der Waals surface area contributed by atoms with E-state index in [1.54, 1.807) is 0 Å². The Hall–Kier alpha value is -1.51. The van der Waals surface area contributed by atoms with Crippen LogP contribution in [0, 0.1) is 0 Å². The zero-order valence-corrected chi connectivity index (χ0v) is 7.70. The number of allylic oxidation sites excluding steroid dienone is 2. The summed E-state index contributed by atoms with van der Waals surface area (Å²) in [7, 11) is 0. The standard InChI is InChI=1S/C10H12O3/c1-7(2)3-4-8-9(11)5-6-13-10(8)12/h3,5-6,11H,4H2,1-2H3. The van der Waals surface area contributed by atoms with Crippen LogP contribution in [0.15, 0.2) is 33.2 Å². The molecule has 0 fully saturated rings. The first-order valence-corrected chi connectivity index (χ1v) is 4.04. The van der Waals surface area contributed by atoms with Crippen molar-refractivity contribution >= 4 is 0 Å². The molecule has 0 atom stereocenters. The van der Waals surface area contributed by atoms with Crippen molar-refractivity contribution in [3.63, 3.8) is 0 Å². The van der Waals surface area contributed by atoms with Gasteiger partial charge in [-0.15, -0.1) is 0 Å². The summed E-state index contributed by atoms with van der Waals surface area (Å²) < 4.78 is 4.63. The number of hydrogen-bond donors (Lipinski definition) is 1. The second-order valence-electron chi connectivity index (χ2n) is 3.06. The van der Waals surface area contributed by atoms with Crippen LogP contribution in [-0.2, 0) is 6.42 Å². The van der Waals surface area contributed by atoms with Gasteiger partial charge in [-0.2, -0.15) is 0 Å². The Morgan fingerprint density at radius 3 is 2.85 bits per heavy atom. The molecule has 0 aromatic carbocycles. The van der Waals surface area contributed by atoms with Crippen LogP contribution in [0.2, 0.25) is 0 Å². The third-order valence-electron chi connectivity index (χ3n) is 1.67. The van der Waals surface area contributed by atoms with E-state index in [4.69, 9.17) is 0 Å². The minimum Gasteiger partial charge on any atom is -0.507 e. The Labute approximate surface area is 76.3 Å². The van der Waals surface area contributed by atoms with Gasteiger partial charge in [0.1, 0.15) is 5.75 Å². The van der Waals surface area contributed by atoms with E-state index in [9.17, 15) is 9.90 Å². The quantitative estimate of drug-likeness (QED) is 0.706. The predicted molar refractivity (Wildman–Crippen MR) is 49.8 cm³/mol. The highest BCUT2D eigenvalue weighted by Gasteiger charge is 2.04. The minimum absolute atomic E-state index is 0.00579. The Morgan fingerprint density at radius 2 is 2.31 bits per heavy atom. The molecule has 0 spiro atoms. The minimum atomic E-state index is -0.475. The van der Waals surface area contributed by atoms with E-state index in [1.165, 1.54) is 12.3 Å². The summed E-state index contributed by atoms with van der Waals surface area (Å²) in [4.78, 5) is 11.1.